The summed E-state index contributed by atoms with van der Waals surface area (Å²) in [5, 5.41) is 0. The fourth-order valence-corrected chi connectivity index (χ4v) is 4.52. The minimum Gasteiger partial charge on any atom is -0.338 e. The third-order valence-electron chi connectivity index (χ3n) is 5.64. The van der Waals surface area contributed by atoms with Crippen molar-refractivity contribution in [2.24, 2.45) is 11.8 Å². The quantitative estimate of drug-likeness (QED) is 0.807. The molecule has 2 aliphatic heterocycles. The third kappa shape index (κ3) is 3.21. The molecular weight excluding hydrogens is 353 g/mol. The van der Waals surface area contributed by atoms with Crippen molar-refractivity contribution in [1.29, 1.82) is 0 Å². The highest BCUT2D eigenvalue weighted by Gasteiger charge is 2.47. The molecule has 138 valence electrons. The van der Waals surface area contributed by atoms with Crippen molar-refractivity contribution in [3.63, 3.8) is 0 Å². The lowest BCUT2D eigenvalue weighted by Gasteiger charge is -2.28. The second kappa shape index (κ2) is 7.33. The highest BCUT2D eigenvalue weighted by molar-refractivity contribution is 5.94. The predicted octanol–water partition coefficient (Wildman–Crippen LogP) is 3.33. The Kier molecular flexibility index (Phi) is 5.30. The van der Waals surface area contributed by atoms with Gasteiger partial charge in [0.1, 0.15) is 5.82 Å². The van der Waals surface area contributed by atoms with Gasteiger partial charge in [-0.3, -0.25) is 14.7 Å². The molecule has 4 nitrogen and oxygen atoms in total. The number of aromatic nitrogens is 1. The van der Waals surface area contributed by atoms with Crippen molar-refractivity contribution in [2.75, 3.05) is 26.7 Å². The summed E-state index contributed by atoms with van der Waals surface area (Å²) in [5.74, 6) is 0.284. The normalized spacial score (nSPS) is 25.0. The summed E-state index contributed by atoms with van der Waals surface area (Å²) in [6.45, 7) is 4.57. The number of likely N-dealkylation sites (tertiary alicyclic amines) is 2. The van der Waals surface area contributed by atoms with Crippen molar-refractivity contribution in [2.45, 2.75) is 13.0 Å². The average molecular weight is 376 g/mol. The summed E-state index contributed by atoms with van der Waals surface area (Å²) in [7, 11) is 2.16. The molecule has 2 aliphatic rings. The van der Waals surface area contributed by atoms with Gasteiger partial charge in [0.25, 0.3) is 5.91 Å². The van der Waals surface area contributed by atoms with Gasteiger partial charge in [-0.15, -0.1) is 12.4 Å². The predicted molar refractivity (Wildman–Crippen MR) is 101 cm³/mol. The molecule has 0 bridgehead atoms. The molecular formula is C20H23ClFN3O. The van der Waals surface area contributed by atoms with Crippen molar-refractivity contribution in [3.8, 4) is 0 Å². The maximum atomic E-state index is 13.4. The van der Waals surface area contributed by atoms with Gasteiger partial charge >= 0.3 is 0 Å². The molecule has 3 atom stereocenters. The van der Waals surface area contributed by atoms with Crippen LogP contribution in [0, 0.1) is 24.6 Å². The Bertz CT molecular complexity index is 815. The molecule has 1 amide bonds. The van der Waals surface area contributed by atoms with Gasteiger partial charge in [0.2, 0.25) is 0 Å². The Labute approximate surface area is 159 Å². The Morgan fingerprint density at radius 1 is 1.19 bits per heavy atom. The minimum absolute atomic E-state index is 0. The van der Waals surface area contributed by atoms with Gasteiger partial charge in [-0.2, -0.15) is 0 Å². The van der Waals surface area contributed by atoms with Crippen molar-refractivity contribution in [1.82, 2.24) is 14.8 Å². The first-order valence-corrected chi connectivity index (χ1v) is 8.70. The van der Waals surface area contributed by atoms with Crippen molar-refractivity contribution < 1.29 is 9.18 Å². The van der Waals surface area contributed by atoms with Crippen LogP contribution in [-0.2, 0) is 0 Å². The lowest BCUT2D eigenvalue weighted by Crippen LogP contribution is -2.33. The minimum atomic E-state index is -0.470. The van der Waals surface area contributed by atoms with Crippen LogP contribution in [-0.4, -0.2) is 47.4 Å². The number of aryl methyl sites for hydroxylation is 1. The number of carbonyl (C=O) groups excluding carboxylic acids is 1. The molecule has 2 fully saturated rings. The fourth-order valence-electron chi connectivity index (χ4n) is 4.52. The second-order valence-corrected chi connectivity index (χ2v) is 7.27. The van der Waals surface area contributed by atoms with Crippen LogP contribution in [0.2, 0.25) is 0 Å². The number of benzene rings is 1. The Morgan fingerprint density at radius 3 is 2.69 bits per heavy atom. The van der Waals surface area contributed by atoms with E-state index in [1.165, 1.54) is 23.4 Å². The maximum absolute atomic E-state index is 13.4. The smallest absolute Gasteiger partial charge is 0.255 e. The van der Waals surface area contributed by atoms with E-state index in [0.29, 0.717) is 30.0 Å². The van der Waals surface area contributed by atoms with E-state index in [1.54, 1.807) is 0 Å². The Morgan fingerprint density at radius 2 is 1.96 bits per heavy atom. The summed E-state index contributed by atoms with van der Waals surface area (Å²) in [4.78, 5) is 20.8. The number of rotatable bonds is 2. The molecule has 0 N–H and O–H groups in total. The molecule has 0 spiro atoms. The number of hydrogen-bond acceptors (Lipinski definition) is 3. The van der Waals surface area contributed by atoms with Crippen molar-refractivity contribution >= 4 is 18.3 Å². The van der Waals surface area contributed by atoms with Crippen LogP contribution in [0.15, 0.2) is 42.7 Å². The van der Waals surface area contributed by atoms with Gasteiger partial charge in [-0.1, -0.05) is 24.3 Å². The number of halogens is 2. The SMILES string of the molecule is Cc1ccccc1[C@@H]1[C@@H]2CN(C(=O)c3cncc(F)c3)C[C@@H]2CN1C.Cl. The molecule has 3 heterocycles. The van der Waals surface area contributed by atoms with Crippen LogP contribution < -0.4 is 0 Å². The molecule has 2 aromatic rings. The van der Waals surface area contributed by atoms with E-state index in [-0.39, 0.29) is 18.3 Å². The first-order chi connectivity index (χ1) is 12.0. The highest BCUT2D eigenvalue weighted by atomic mass is 35.5. The first-order valence-electron chi connectivity index (χ1n) is 8.70. The molecule has 6 heteroatoms. The van der Waals surface area contributed by atoms with Crippen LogP contribution in [0.5, 0.6) is 0 Å². The van der Waals surface area contributed by atoms with E-state index in [4.69, 9.17) is 0 Å². The monoisotopic (exact) mass is 375 g/mol. The summed E-state index contributed by atoms with van der Waals surface area (Å²) in [6, 6.07) is 10.1. The van der Waals surface area contributed by atoms with Gasteiger partial charge in [-0.25, -0.2) is 4.39 Å². The molecule has 0 aliphatic carbocycles. The zero-order valence-electron chi connectivity index (χ0n) is 14.9. The second-order valence-electron chi connectivity index (χ2n) is 7.27. The fraction of sp³-hybridized carbons (Fsp3) is 0.400. The van der Waals surface area contributed by atoms with Gasteiger partial charge < -0.3 is 4.90 Å². The molecule has 1 aromatic carbocycles. The number of amides is 1. The molecule has 2 saturated heterocycles. The Hall–Kier alpha value is -1.98. The van der Waals surface area contributed by atoms with E-state index in [9.17, 15) is 9.18 Å². The highest BCUT2D eigenvalue weighted by Crippen LogP contribution is 2.45. The first kappa shape index (κ1) is 18.8. The third-order valence-corrected chi connectivity index (χ3v) is 5.64. The van der Waals surface area contributed by atoms with E-state index in [1.807, 2.05) is 4.90 Å². The van der Waals surface area contributed by atoms with Crippen LogP contribution in [0.3, 0.4) is 0 Å². The molecule has 1 aromatic heterocycles. The van der Waals surface area contributed by atoms with Crippen LogP contribution >= 0.6 is 12.4 Å². The number of hydrogen-bond donors (Lipinski definition) is 0. The summed E-state index contributed by atoms with van der Waals surface area (Å²) >= 11 is 0. The van der Waals surface area contributed by atoms with Crippen LogP contribution in [0.1, 0.15) is 27.5 Å². The molecule has 26 heavy (non-hydrogen) atoms. The lowest BCUT2D eigenvalue weighted by atomic mass is 9.88. The number of carbonyl (C=O) groups is 1. The zero-order valence-corrected chi connectivity index (χ0v) is 15.7. The van der Waals surface area contributed by atoms with Gasteiger partial charge in [0, 0.05) is 37.8 Å². The average Bonchev–Trinajstić information content (AvgIpc) is 3.12. The van der Waals surface area contributed by atoms with Gasteiger partial charge in [-0.05, 0) is 37.1 Å². The van der Waals surface area contributed by atoms with E-state index in [2.05, 4.69) is 48.1 Å². The van der Waals surface area contributed by atoms with Crippen LogP contribution in [0.4, 0.5) is 4.39 Å². The standard InChI is InChI=1S/C20H22FN3O.ClH/c1-13-5-3-4-6-17(13)19-18-12-24(11-15(18)10-23(19)2)20(25)14-7-16(21)9-22-8-14;/h3-9,15,18-19H,10-12H2,1-2H3;1H/t15-,18+,19+;/m0./s1. The zero-order chi connectivity index (χ0) is 17.6. The Balaban J connectivity index is 0.00000196. The molecule has 0 unspecified atom stereocenters. The topological polar surface area (TPSA) is 36.4 Å². The maximum Gasteiger partial charge on any atom is 0.255 e. The summed E-state index contributed by atoms with van der Waals surface area (Å²) < 4.78 is 13.4. The number of fused-ring (bicyclic) bond motifs is 1. The molecule has 0 radical (unpaired) electrons. The van der Waals surface area contributed by atoms with E-state index in [0.717, 1.165) is 19.3 Å². The molecule has 0 saturated carbocycles. The lowest BCUT2D eigenvalue weighted by molar-refractivity contribution is 0.0767. The van der Waals surface area contributed by atoms with Gasteiger partial charge in [0.05, 0.1) is 11.8 Å². The van der Waals surface area contributed by atoms with Crippen LogP contribution in [0.25, 0.3) is 0 Å². The summed E-state index contributed by atoms with van der Waals surface area (Å²) in [6.07, 6.45) is 2.57. The molecule has 4 rings (SSSR count). The van der Waals surface area contributed by atoms with Crippen molar-refractivity contribution in [3.05, 3.63) is 65.2 Å². The number of nitrogens with zero attached hydrogens (tertiary/aromatic N) is 3. The van der Waals surface area contributed by atoms with E-state index < -0.39 is 5.82 Å². The number of pyridine rings is 1. The van der Waals surface area contributed by atoms with Gasteiger partial charge in [0.15, 0.2) is 0 Å². The van der Waals surface area contributed by atoms with E-state index >= 15 is 0 Å². The summed E-state index contributed by atoms with van der Waals surface area (Å²) in [5.41, 5.74) is 2.97. The largest absolute Gasteiger partial charge is 0.338 e.